The molecule has 0 aromatic rings. The minimum atomic E-state index is -0.223. The Morgan fingerprint density at radius 2 is 2.08 bits per heavy atom. The van der Waals surface area contributed by atoms with Gasteiger partial charge in [0.15, 0.2) is 6.29 Å². The van der Waals surface area contributed by atoms with Gasteiger partial charge in [-0.2, -0.15) is 0 Å². The molecular weight excluding hydrogens is 168 g/mol. The highest BCUT2D eigenvalue weighted by Crippen LogP contribution is 2.30. The predicted molar refractivity (Wildman–Crippen MR) is 49.3 cm³/mol. The lowest BCUT2D eigenvalue weighted by molar-refractivity contribution is -0.132. The van der Waals surface area contributed by atoms with Gasteiger partial charge in [-0.1, -0.05) is 6.92 Å². The van der Waals surface area contributed by atoms with Gasteiger partial charge in [-0.3, -0.25) is 4.79 Å². The van der Waals surface area contributed by atoms with Gasteiger partial charge >= 0.3 is 0 Å². The molecule has 1 saturated carbocycles. The summed E-state index contributed by atoms with van der Waals surface area (Å²) in [6.07, 6.45) is 2.20. The van der Waals surface area contributed by atoms with Crippen LogP contribution in [0.3, 0.4) is 0 Å². The third-order valence-corrected chi connectivity index (χ3v) is 2.69. The summed E-state index contributed by atoms with van der Waals surface area (Å²) < 4.78 is 10.1. The molecule has 0 aromatic heterocycles. The Bertz CT molecular complexity index is 175. The first-order valence-electron chi connectivity index (χ1n) is 4.75. The summed E-state index contributed by atoms with van der Waals surface area (Å²) in [5.74, 6) is 1.05. The lowest BCUT2D eigenvalue weighted by atomic mass is 10.0. The van der Waals surface area contributed by atoms with Crippen molar-refractivity contribution in [2.24, 2.45) is 11.8 Å². The SMILES string of the molecule is COC(C[C@@H]1C[C@@H](C)CC1=O)OC. The number of Topliss-reactive ketones (excluding diaryl/α,β-unsaturated/α-hetero) is 1. The highest BCUT2D eigenvalue weighted by molar-refractivity contribution is 5.83. The summed E-state index contributed by atoms with van der Waals surface area (Å²) >= 11 is 0. The third-order valence-electron chi connectivity index (χ3n) is 2.69. The second-order valence-corrected chi connectivity index (χ2v) is 3.84. The van der Waals surface area contributed by atoms with Gasteiger partial charge < -0.3 is 9.47 Å². The number of hydrogen-bond donors (Lipinski definition) is 0. The molecule has 0 amide bonds. The molecule has 0 aliphatic heterocycles. The molecule has 0 N–H and O–H groups in total. The monoisotopic (exact) mass is 186 g/mol. The van der Waals surface area contributed by atoms with Crippen molar-refractivity contribution in [1.29, 1.82) is 0 Å². The lowest BCUT2D eigenvalue weighted by Gasteiger charge is -2.16. The molecule has 2 atom stereocenters. The van der Waals surface area contributed by atoms with E-state index in [2.05, 4.69) is 6.92 Å². The van der Waals surface area contributed by atoms with E-state index in [9.17, 15) is 4.79 Å². The molecule has 1 rings (SSSR count). The molecule has 0 bridgehead atoms. The van der Waals surface area contributed by atoms with Crippen LogP contribution in [-0.2, 0) is 14.3 Å². The molecule has 0 radical (unpaired) electrons. The van der Waals surface area contributed by atoms with Crippen LogP contribution in [0, 0.1) is 11.8 Å². The molecule has 0 spiro atoms. The fraction of sp³-hybridized carbons (Fsp3) is 0.900. The first-order chi connectivity index (χ1) is 6.17. The first kappa shape index (κ1) is 10.7. The summed E-state index contributed by atoms with van der Waals surface area (Å²) in [6, 6.07) is 0. The molecular formula is C10H18O3. The number of ketones is 1. The molecule has 13 heavy (non-hydrogen) atoms. The van der Waals surface area contributed by atoms with Gasteiger partial charge in [0.05, 0.1) is 0 Å². The normalized spacial score (nSPS) is 28.8. The van der Waals surface area contributed by atoms with E-state index < -0.39 is 0 Å². The number of ether oxygens (including phenoxy) is 2. The highest BCUT2D eigenvalue weighted by Gasteiger charge is 2.31. The van der Waals surface area contributed by atoms with Gasteiger partial charge in [-0.25, -0.2) is 0 Å². The van der Waals surface area contributed by atoms with E-state index in [1.807, 2.05) is 0 Å². The molecule has 3 nitrogen and oxygen atoms in total. The molecule has 1 aliphatic rings. The molecule has 0 heterocycles. The van der Waals surface area contributed by atoms with Gasteiger partial charge in [0.2, 0.25) is 0 Å². The summed E-state index contributed by atoms with van der Waals surface area (Å²) in [5, 5.41) is 0. The fourth-order valence-corrected chi connectivity index (χ4v) is 1.96. The standard InChI is InChI=1S/C10H18O3/c1-7-4-8(9(11)5-7)6-10(12-2)13-3/h7-8,10H,4-6H2,1-3H3/t7-,8+/m1/s1. The Balaban J connectivity index is 2.40. The van der Waals surface area contributed by atoms with Crippen molar-refractivity contribution in [3.8, 4) is 0 Å². The largest absolute Gasteiger partial charge is 0.356 e. The molecule has 0 saturated heterocycles. The van der Waals surface area contributed by atoms with Crippen molar-refractivity contribution in [3.63, 3.8) is 0 Å². The van der Waals surface area contributed by atoms with Crippen LogP contribution in [0.25, 0.3) is 0 Å². The zero-order valence-corrected chi connectivity index (χ0v) is 8.58. The van der Waals surface area contributed by atoms with E-state index in [4.69, 9.17) is 9.47 Å². The van der Waals surface area contributed by atoms with E-state index in [0.717, 1.165) is 12.8 Å². The van der Waals surface area contributed by atoms with Crippen LogP contribution >= 0.6 is 0 Å². The average Bonchev–Trinajstić information content (AvgIpc) is 2.41. The Morgan fingerprint density at radius 1 is 1.46 bits per heavy atom. The Hall–Kier alpha value is -0.410. The fourth-order valence-electron chi connectivity index (χ4n) is 1.96. The Morgan fingerprint density at radius 3 is 2.46 bits per heavy atom. The Kier molecular flexibility index (Phi) is 3.88. The average molecular weight is 186 g/mol. The predicted octanol–water partition coefficient (Wildman–Crippen LogP) is 1.61. The summed E-state index contributed by atoms with van der Waals surface area (Å²) in [4.78, 5) is 11.4. The Labute approximate surface area is 79.4 Å². The molecule has 1 fully saturated rings. The first-order valence-corrected chi connectivity index (χ1v) is 4.75. The van der Waals surface area contributed by atoms with Crippen molar-refractivity contribution in [3.05, 3.63) is 0 Å². The van der Waals surface area contributed by atoms with Crippen LogP contribution < -0.4 is 0 Å². The second-order valence-electron chi connectivity index (χ2n) is 3.84. The summed E-state index contributed by atoms with van der Waals surface area (Å²) in [6.45, 7) is 2.12. The molecule has 0 unspecified atom stereocenters. The van der Waals surface area contributed by atoms with E-state index in [0.29, 0.717) is 18.1 Å². The third kappa shape index (κ3) is 2.78. The van der Waals surface area contributed by atoms with Gasteiger partial charge in [-0.05, 0) is 12.3 Å². The maximum absolute atomic E-state index is 11.4. The minimum Gasteiger partial charge on any atom is -0.356 e. The van der Waals surface area contributed by atoms with Gasteiger partial charge in [0, 0.05) is 33.0 Å². The van der Waals surface area contributed by atoms with Crippen LogP contribution in [0.1, 0.15) is 26.2 Å². The highest BCUT2D eigenvalue weighted by atomic mass is 16.7. The van der Waals surface area contributed by atoms with Crippen LogP contribution in [0.4, 0.5) is 0 Å². The maximum atomic E-state index is 11.4. The van der Waals surface area contributed by atoms with Gasteiger partial charge in [0.25, 0.3) is 0 Å². The lowest BCUT2D eigenvalue weighted by Crippen LogP contribution is -2.20. The van der Waals surface area contributed by atoms with Crippen LogP contribution in [0.15, 0.2) is 0 Å². The molecule has 76 valence electrons. The second kappa shape index (κ2) is 4.72. The summed E-state index contributed by atoms with van der Waals surface area (Å²) in [7, 11) is 3.22. The van der Waals surface area contributed by atoms with Crippen molar-refractivity contribution in [2.45, 2.75) is 32.5 Å². The van der Waals surface area contributed by atoms with Gasteiger partial charge in [0.1, 0.15) is 5.78 Å². The number of methoxy groups -OCH3 is 2. The zero-order valence-electron chi connectivity index (χ0n) is 8.58. The maximum Gasteiger partial charge on any atom is 0.157 e. The molecule has 1 aliphatic carbocycles. The van der Waals surface area contributed by atoms with Crippen molar-refractivity contribution >= 4 is 5.78 Å². The van der Waals surface area contributed by atoms with Crippen molar-refractivity contribution in [2.75, 3.05) is 14.2 Å². The van der Waals surface area contributed by atoms with Crippen molar-refractivity contribution < 1.29 is 14.3 Å². The van der Waals surface area contributed by atoms with E-state index in [1.54, 1.807) is 14.2 Å². The van der Waals surface area contributed by atoms with Crippen LogP contribution in [0.5, 0.6) is 0 Å². The quantitative estimate of drug-likeness (QED) is 0.626. The number of carbonyl (C=O) groups excluding carboxylic acids is 1. The topological polar surface area (TPSA) is 35.5 Å². The number of carbonyl (C=O) groups is 1. The van der Waals surface area contributed by atoms with Gasteiger partial charge in [-0.15, -0.1) is 0 Å². The zero-order chi connectivity index (χ0) is 9.84. The number of hydrogen-bond acceptors (Lipinski definition) is 3. The van der Waals surface area contributed by atoms with Crippen LogP contribution in [0.2, 0.25) is 0 Å². The molecule has 0 aromatic carbocycles. The number of rotatable bonds is 4. The smallest absolute Gasteiger partial charge is 0.157 e. The van der Waals surface area contributed by atoms with Crippen molar-refractivity contribution in [1.82, 2.24) is 0 Å². The van der Waals surface area contributed by atoms with E-state index in [1.165, 1.54) is 0 Å². The van der Waals surface area contributed by atoms with E-state index in [-0.39, 0.29) is 12.2 Å². The minimum absolute atomic E-state index is 0.153. The molecule has 3 heteroatoms. The van der Waals surface area contributed by atoms with Crippen LogP contribution in [-0.4, -0.2) is 26.3 Å². The van der Waals surface area contributed by atoms with E-state index >= 15 is 0 Å². The summed E-state index contributed by atoms with van der Waals surface area (Å²) in [5.41, 5.74) is 0.